The molecule has 1 heterocycles. The maximum absolute atomic E-state index is 10.8. The van der Waals surface area contributed by atoms with Crippen molar-refractivity contribution in [2.75, 3.05) is 6.54 Å². The molecule has 0 N–H and O–H groups in total. The van der Waals surface area contributed by atoms with E-state index in [1.165, 1.54) is 6.42 Å². The normalized spacial score (nSPS) is 33.1. The van der Waals surface area contributed by atoms with Crippen molar-refractivity contribution < 1.29 is 4.79 Å². The van der Waals surface area contributed by atoms with E-state index in [0.29, 0.717) is 5.92 Å². The summed E-state index contributed by atoms with van der Waals surface area (Å²) in [6, 6.07) is 0. The third kappa shape index (κ3) is 2.04. The highest BCUT2D eigenvalue weighted by molar-refractivity contribution is 5.49. The minimum absolute atomic E-state index is 0.0644. The monoisotopic (exact) mass is 183 g/mol. The van der Waals surface area contributed by atoms with Crippen LogP contribution in [0, 0.1) is 11.8 Å². The largest absolute Gasteiger partial charge is 0.340 e. The van der Waals surface area contributed by atoms with Gasteiger partial charge in [-0.2, -0.15) is 0 Å². The summed E-state index contributed by atoms with van der Waals surface area (Å²) in [6.45, 7) is 9.74. The molecule has 2 nitrogen and oxygen atoms in total. The van der Waals surface area contributed by atoms with Crippen LogP contribution < -0.4 is 0 Å². The van der Waals surface area contributed by atoms with Gasteiger partial charge in [0.15, 0.2) is 0 Å². The van der Waals surface area contributed by atoms with Crippen LogP contribution in [0.3, 0.4) is 0 Å². The Kier molecular flexibility index (Phi) is 2.99. The number of carbonyl (C=O) groups excluding carboxylic acids is 1. The zero-order valence-corrected chi connectivity index (χ0v) is 9.21. The zero-order chi connectivity index (χ0) is 10.1. The lowest BCUT2D eigenvalue weighted by Crippen LogP contribution is -2.52. The van der Waals surface area contributed by atoms with Gasteiger partial charge in [-0.3, -0.25) is 4.79 Å². The summed E-state index contributed by atoms with van der Waals surface area (Å²) in [7, 11) is 0. The molecule has 1 saturated heterocycles. The van der Waals surface area contributed by atoms with Gasteiger partial charge < -0.3 is 4.90 Å². The van der Waals surface area contributed by atoms with Gasteiger partial charge in [0.2, 0.25) is 6.41 Å². The van der Waals surface area contributed by atoms with E-state index in [4.69, 9.17) is 0 Å². The summed E-state index contributed by atoms with van der Waals surface area (Å²) in [5.74, 6) is 1.44. The minimum Gasteiger partial charge on any atom is -0.340 e. The number of rotatable bonds is 2. The summed E-state index contributed by atoms with van der Waals surface area (Å²) >= 11 is 0. The summed E-state index contributed by atoms with van der Waals surface area (Å²) < 4.78 is 0. The molecule has 0 bridgehead atoms. The Bertz CT molecular complexity index is 189. The number of hydrogen-bond acceptors (Lipinski definition) is 1. The predicted octanol–water partition coefficient (Wildman–Crippen LogP) is 2.29. The van der Waals surface area contributed by atoms with Crippen LogP contribution in [0.25, 0.3) is 0 Å². The van der Waals surface area contributed by atoms with Crippen molar-refractivity contribution in [2.45, 2.75) is 46.1 Å². The third-order valence-electron chi connectivity index (χ3n) is 3.48. The van der Waals surface area contributed by atoms with Gasteiger partial charge in [0, 0.05) is 12.1 Å². The molecule has 1 rings (SSSR count). The second-order valence-corrected chi connectivity index (χ2v) is 4.92. The van der Waals surface area contributed by atoms with Gasteiger partial charge in [-0.25, -0.2) is 0 Å². The highest BCUT2D eigenvalue weighted by Crippen LogP contribution is 2.35. The molecule has 1 aliphatic rings. The standard InChI is InChI=1S/C11H21NO/c1-5-10-6-11(3,4)12(8-13)7-9(10)2/h8-10H,5-7H2,1-4H3. The minimum atomic E-state index is 0.0644. The van der Waals surface area contributed by atoms with E-state index in [1.807, 2.05) is 4.90 Å². The molecule has 0 aromatic carbocycles. The van der Waals surface area contributed by atoms with Gasteiger partial charge >= 0.3 is 0 Å². The van der Waals surface area contributed by atoms with Gasteiger partial charge in [0.05, 0.1) is 0 Å². The van der Waals surface area contributed by atoms with Crippen molar-refractivity contribution in [3.05, 3.63) is 0 Å². The Balaban J connectivity index is 2.72. The van der Waals surface area contributed by atoms with E-state index in [-0.39, 0.29) is 5.54 Å². The molecule has 0 spiro atoms. The maximum atomic E-state index is 10.8. The van der Waals surface area contributed by atoms with Gasteiger partial charge in [0.25, 0.3) is 0 Å². The second-order valence-electron chi connectivity index (χ2n) is 4.92. The molecule has 1 amide bonds. The zero-order valence-electron chi connectivity index (χ0n) is 9.21. The fourth-order valence-electron chi connectivity index (χ4n) is 2.40. The molecule has 2 atom stereocenters. The van der Waals surface area contributed by atoms with Crippen LogP contribution in [0.2, 0.25) is 0 Å². The van der Waals surface area contributed by atoms with Gasteiger partial charge in [-0.05, 0) is 32.1 Å². The molecule has 1 aliphatic heterocycles. The van der Waals surface area contributed by atoms with Crippen LogP contribution in [0.15, 0.2) is 0 Å². The lowest BCUT2D eigenvalue weighted by Gasteiger charge is -2.46. The summed E-state index contributed by atoms with van der Waals surface area (Å²) in [5.41, 5.74) is 0.0644. The summed E-state index contributed by atoms with van der Waals surface area (Å²) in [5, 5.41) is 0. The van der Waals surface area contributed by atoms with Crippen LogP contribution >= 0.6 is 0 Å². The number of nitrogens with zero attached hydrogens (tertiary/aromatic N) is 1. The van der Waals surface area contributed by atoms with E-state index in [0.717, 1.165) is 25.3 Å². The first-order valence-electron chi connectivity index (χ1n) is 5.23. The van der Waals surface area contributed by atoms with E-state index in [2.05, 4.69) is 27.7 Å². The Morgan fingerprint density at radius 2 is 2.15 bits per heavy atom. The molecular formula is C11H21NO. The molecule has 1 fully saturated rings. The predicted molar refractivity (Wildman–Crippen MR) is 54.4 cm³/mol. The van der Waals surface area contributed by atoms with Crippen molar-refractivity contribution in [3.63, 3.8) is 0 Å². The Labute approximate surface area is 81.3 Å². The second kappa shape index (κ2) is 3.69. The maximum Gasteiger partial charge on any atom is 0.210 e. The number of hydrogen-bond donors (Lipinski definition) is 0. The molecule has 0 aliphatic carbocycles. The topological polar surface area (TPSA) is 20.3 Å². The number of piperidine rings is 1. The molecule has 13 heavy (non-hydrogen) atoms. The number of likely N-dealkylation sites (tertiary alicyclic amines) is 1. The molecule has 0 aromatic rings. The van der Waals surface area contributed by atoms with E-state index in [1.54, 1.807) is 0 Å². The lowest BCUT2D eigenvalue weighted by molar-refractivity contribution is -0.127. The van der Waals surface area contributed by atoms with Gasteiger partial charge in [-0.15, -0.1) is 0 Å². The first-order valence-corrected chi connectivity index (χ1v) is 5.23. The van der Waals surface area contributed by atoms with E-state index >= 15 is 0 Å². The highest BCUT2D eigenvalue weighted by Gasteiger charge is 2.36. The van der Waals surface area contributed by atoms with Crippen LogP contribution in [-0.2, 0) is 4.79 Å². The Hall–Kier alpha value is -0.530. The molecule has 2 unspecified atom stereocenters. The summed E-state index contributed by atoms with van der Waals surface area (Å²) in [6.07, 6.45) is 3.38. The highest BCUT2D eigenvalue weighted by atomic mass is 16.1. The van der Waals surface area contributed by atoms with Gasteiger partial charge in [0.1, 0.15) is 0 Å². The van der Waals surface area contributed by atoms with E-state index < -0.39 is 0 Å². The fourth-order valence-corrected chi connectivity index (χ4v) is 2.40. The molecule has 76 valence electrons. The SMILES string of the molecule is CCC1CC(C)(C)N(C=O)CC1C. The average Bonchev–Trinajstić information content (AvgIpc) is 2.08. The third-order valence-corrected chi connectivity index (χ3v) is 3.48. The fraction of sp³-hybridized carbons (Fsp3) is 0.909. The molecule has 2 heteroatoms. The van der Waals surface area contributed by atoms with E-state index in [9.17, 15) is 4.79 Å². The van der Waals surface area contributed by atoms with Crippen LogP contribution in [-0.4, -0.2) is 23.4 Å². The van der Waals surface area contributed by atoms with Crippen molar-refractivity contribution in [3.8, 4) is 0 Å². The number of carbonyl (C=O) groups is 1. The van der Waals surface area contributed by atoms with Crippen molar-refractivity contribution in [1.29, 1.82) is 0 Å². The van der Waals surface area contributed by atoms with Crippen molar-refractivity contribution >= 4 is 6.41 Å². The molecule has 0 radical (unpaired) electrons. The van der Waals surface area contributed by atoms with Gasteiger partial charge in [-0.1, -0.05) is 20.3 Å². The van der Waals surface area contributed by atoms with Crippen molar-refractivity contribution in [2.24, 2.45) is 11.8 Å². The molecule has 0 aromatic heterocycles. The molecular weight excluding hydrogens is 162 g/mol. The van der Waals surface area contributed by atoms with Crippen LogP contribution in [0.4, 0.5) is 0 Å². The Morgan fingerprint density at radius 1 is 1.54 bits per heavy atom. The quantitative estimate of drug-likeness (QED) is 0.601. The molecule has 0 saturated carbocycles. The average molecular weight is 183 g/mol. The van der Waals surface area contributed by atoms with Crippen molar-refractivity contribution in [1.82, 2.24) is 4.90 Å². The first kappa shape index (κ1) is 10.6. The first-order chi connectivity index (χ1) is 6.01. The number of amides is 1. The van der Waals surface area contributed by atoms with Crippen LogP contribution in [0.5, 0.6) is 0 Å². The summed E-state index contributed by atoms with van der Waals surface area (Å²) in [4.78, 5) is 12.8. The van der Waals surface area contributed by atoms with Crippen LogP contribution in [0.1, 0.15) is 40.5 Å². The smallest absolute Gasteiger partial charge is 0.210 e. The Morgan fingerprint density at radius 3 is 2.62 bits per heavy atom. The lowest BCUT2D eigenvalue weighted by atomic mass is 9.76.